The summed E-state index contributed by atoms with van der Waals surface area (Å²) in [7, 11) is 1.62. The fourth-order valence-corrected chi connectivity index (χ4v) is 3.12. The van der Waals surface area contributed by atoms with Gasteiger partial charge in [0.15, 0.2) is 12.4 Å². The van der Waals surface area contributed by atoms with E-state index in [1.165, 1.54) is 4.90 Å². The molecule has 1 heterocycles. The Balaban J connectivity index is 2.10. The van der Waals surface area contributed by atoms with Gasteiger partial charge in [0, 0.05) is 12.6 Å². The van der Waals surface area contributed by atoms with Gasteiger partial charge in [-0.05, 0) is 55.7 Å². The summed E-state index contributed by atoms with van der Waals surface area (Å²) in [5.74, 6) is -0.170. The SMILES string of the molecule is CC(C)C[C@@H](NC(=O)c1ccccc1OCC(=O)NC(C)(C)C)C(=O)N(C)Cc1nnn[nH]1. The molecule has 0 saturated heterocycles. The van der Waals surface area contributed by atoms with Crippen molar-refractivity contribution in [2.75, 3.05) is 13.7 Å². The average Bonchev–Trinajstić information content (AvgIpc) is 3.22. The third-order valence-corrected chi connectivity index (χ3v) is 4.47. The number of rotatable bonds is 10. The van der Waals surface area contributed by atoms with Gasteiger partial charge in [-0.2, -0.15) is 0 Å². The molecule has 33 heavy (non-hydrogen) atoms. The number of H-pyrrole nitrogens is 1. The first kappa shape index (κ1) is 25.8. The largest absolute Gasteiger partial charge is 0.483 e. The molecule has 0 aliphatic rings. The lowest BCUT2D eigenvalue weighted by molar-refractivity contribution is -0.133. The van der Waals surface area contributed by atoms with Crippen LogP contribution in [0.3, 0.4) is 0 Å². The number of para-hydroxylation sites is 1. The summed E-state index contributed by atoms with van der Waals surface area (Å²) in [4.78, 5) is 39.7. The molecule has 0 bridgehead atoms. The molecule has 0 spiro atoms. The second kappa shape index (κ2) is 11.4. The molecule has 2 rings (SSSR count). The van der Waals surface area contributed by atoms with E-state index in [1.807, 2.05) is 34.6 Å². The van der Waals surface area contributed by atoms with Gasteiger partial charge in [0.2, 0.25) is 5.91 Å². The van der Waals surface area contributed by atoms with Gasteiger partial charge < -0.3 is 20.3 Å². The summed E-state index contributed by atoms with van der Waals surface area (Å²) in [5.41, 5.74) is -0.153. The number of tetrazole rings is 1. The number of hydrogen-bond acceptors (Lipinski definition) is 7. The van der Waals surface area contributed by atoms with Crippen molar-refractivity contribution in [2.24, 2.45) is 5.92 Å². The topological polar surface area (TPSA) is 142 Å². The monoisotopic (exact) mass is 459 g/mol. The maximum atomic E-state index is 13.1. The van der Waals surface area contributed by atoms with Crippen molar-refractivity contribution in [2.45, 2.75) is 59.2 Å². The molecule has 1 atom stereocenters. The molecule has 1 aromatic carbocycles. The van der Waals surface area contributed by atoms with E-state index in [1.54, 1.807) is 31.3 Å². The zero-order valence-corrected chi connectivity index (χ0v) is 20.0. The van der Waals surface area contributed by atoms with E-state index < -0.39 is 17.5 Å². The molecule has 0 aliphatic carbocycles. The van der Waals surface area contributed by atoms with Gasteiger partial charge >= 0.3 is 0 Å². The molecule has 180 valence electrons. The van der Waals surface area contributed by atoms with Crippen molar-refractivity contribution in [1.29, 1.82) is 0 Å². The number of nitrogens with zero attached hydrogens (tertiary/aromatic N) is 4. The van der Waals surface area contributed by atoms with Crippen molar-refractivity contribution >= 4 is 17.7 Å². The van der Waals surface area contributed by atoms with E-state index in [-0.39, 0.29) is 42.2 Å². The van der Waals surface area contributed by atoms with Crippen LogP contribution in [0.1, 0.15) is 57.2 Å². The minimum Gasteiger partial charge on any atom is -0.483 e. The Morgan fingerprint density at radius 1 is 1.18 bits per heavy atom. The van der Waals surface area contributed by atoms with Gasteiger partial charge in [-0.3, -0.25) is 14.4 Å². The first-order valence-electron chi connectivity index (χ1n) is 10.8. The maximum absolute atomic E-state index is 13.1. The molecule has 0 saturated carbocycles. The molecule has 1 aromatic heterocycles. The number of amides is 3. The smallest absolute Gasteiger partial charge is 0.258 e. The lowest BCUT2D eigenvalue weighted by atomic mass is 10.0. The van der Waals surface area contributed by atoms with Gasteiger partial charge in [0.05, 0.1) is 12.1 Å². The van der Waals surface area contributed by atoms with Gasteiger partial charge in [-0.25, -0.2) is 5.10 Å². The number of ether oxygens (including phenoxy) is 1. The van der Waals surface area contributed by atoms with E-state index >= 15 is 0 Å². The highest BCUT2D eigenvalue weighted by molar-refractivity contribution is 5.99. The summed E-state index contributed by atoms with van der Waals surface area (Å²) in [5, 5.41) is 19.0. The highest BCUT2D eigenvalue weighted by atomic mass is 16.5. The fraction of sp³-hybridized carbons (Fsp3) is 0.545. The van der Waals surface area contributed by atoms with Crippen LogP contribution in [0.5, 0.6) is 5.75 Å². The first-order valence-corrected chi connectivity index (χ1v) is 10.8. The molecule has 3 amide bonds. The number of aromatic nitrogens is 4. The molecule has 0 fully saturated rings. The lowest BCUT2D eigenvalue weighted by Gasteiger charge is -2.25. The van der Waals surface area contributed by atoms with Crippen LogP contribution in [-0.4, -0.2) is 68.5 Å². The number of nitrogens with one attached hydrogen (secondary N) is 3. The molecule has 0 radical (unpaired) electrons. The Morgan fingerprint density at radius 2 is 1.88 bits per heavy atom. The number of aromatic amines is 1. The Hall–Kier alpha value is -3.50. The van der Waals surface area contributed by atoms with Crippen molar-refractivity contribution in [1.82, 2.24) is 36.2 Å². The van der Waals surface area contributed by atoms with E-state index in [0.29, 0.717) is 12.2 Å². The summed E-state index contributed by atoms with van der Waals surface area (Å²) in [6, 6.07) is 5.85. The Bertz CT molecular complexity index is 938. The quantitative estimate of drug-likeness (QED) is 0.486. The van der Waals surface area contributed by atoms with Gasteiger partial charge in [0.1, 0.15) is 11.8 Å². The van der Waals surface area contributed by atoms with Crippen LogP contribution in [0.25, 0.3) is 0 Å². The van der Waals surface area contributed by atoms with Crippen LogP contribution < -0.4 is 15.4 Å². The van der Waals surface area contributed by atoms with Crippen molar-refractivity contribution in [3.8, 4) is 5.75 Å². The number of likely N-dealkylation sites (N-methyl/N-ethyl adjacent to an activating group) is 1. The molecule has 11 nitrogen and oxygen atoms in total. The molecule has 0 unspecified atom stereocenters. The molecule has 3 N–H and O–H groups in total. The second-order valence-corrected chi connectivity index (χ2v) is 9.28. The average molecular weight is 460 g/mol. The number of benzene rings is 1. The van der Waals surface area contributed by atoms with Crippen LogP contribution in [-0.2, 0) is 16.1 Å². The number of hydrogen-bond donors (Lipinski definition) is 3. The van der Waals surface area contributed by atoms with Crippen molar-refractivity contribution in [3.05, 3.63) is 35.7 Å². The standard InChI is InChI=1S/C22H33N7O4/c1-14(2)11-16(21(32)29(6)12-18-25-27-28-26-18)23-20(31)15-9-7-8-10-17(15)33-13-19(30)24-22(3,4)5/h7-10,14,16H,11-13H2,1-6H3,(H,23,31)(H,24,30)(H,25,26,27,28)/t16-/m1/s1. The predicted molar refractivity (Wildman–Crippen MR) is 121 cm³/mol. The van der Waals surface area contributed by atoms with E-state index in [4.69, 9.17) is 4.74 Å². The minimum atomic E-state index is -0.754. The van der Waals surface area contributed by atoms with Crippen LogP contribution in [0, 0.1) is 5.92 Å². The van der Waals surface area contributed by atoms with Crippen molar-refractivity contribution in [3.63, 3.8) is 0 Å². The summed E-state index contributed by atoms with van der Waals surface area (Å²) in [6.45, 7) is 9.49. The highest BCUT2D eigenvalue weighted by Gasteiger charge is 2.27. The van der Waals surface area contributed by atoms with E-state index in [0.717, 1.165) is 0 Å². The number of carbonyl (C=O) groups excluding carboxylic acids is 3. The zero-order chi connectivity index (χ0) is 24.6. The highest BCUT2D eigenvalue weighted by Crippen LogP contribution is 2.19. The van der Waals surface area contributed by atoms with Gasteiger partial charge in [0.25, 0.3) is 11.8 Å². The Kier molecular flexibility index (Phi) is 8.89. The maximum Gasteiger partial charge on any atom is 0.258 e. The third kappa shape index (κ3) is 8.51. The second-order valence-electron chi connectivity index (χ2n) is 9.28. The fourth-order valence-electron chi connectivity index (χ4n) is 3.12. The lowest BCUT2D eigenvalue weighted by Crippen LogP contribution is -2.48. The third-order valence-electron chi connectivity index (χ3n) is 4.47. The van der Waals surface area contributed by atoms with E-state index in [2.05, 4.69) is 31.3 Å². The minimum absolute atomic E-state index is 0.159. The molecule has 11 heteroatoms. The zero-order valence-electron chi connectivity index (χ0n) is 20.0. The normalized spacial score (nSPS) is 12.2. The number of carbonyl (C=O) groups is 3. The van der Waals surface area contributed by atoms with Crippen LogP contribution in [0.4, 0.5) is 0 Å². The van der Waals surface area contributed by atoms with Crippen molar-refractivity contribution < 1.29 is 19.1 Å². The first-order chi connectivity index (χ1) is 15.5. The molecule has 2 aromatic rings. The Morgan fingerprint density at radius 3 is 2.48 bits per heavy atom. The molecule has 0 aliphatic heterocycles. The summed E-state index contributed by atoms with van der Waals surface area (Å²) < 4.78 is 5.61. The summed E-state index contributed by atoms with van der Waals surface area (Å²) >= 11 is 0. The molecular formula is C22H33N7O4. The van der Waals surface area contributed by atoms with Crippen LogP contribution in [0.15, 0.2) is 24.3 Å². The van der Waals surface area contributed by atoms with Crippen LogP contribution in [0.2, 0.25) is 0 Å². The van der Waals surface area contributed by atoms with Gasteiger partial charge in [-0.1, -0.05) is 26.0 Å². The predicted octanol–water partition coefficient (Wildman–Crippen LogP) is 1.30. The Labute approximate surface area is 193 Å². The van der Waals surface area contributed by atoms with Gasteiger partial charge in [-0.15, -0.1) is 5.10 Å². The van der Waals surface area contributed by atoms with E-state index in [9.17, 15) is 14.4 Å². The summed E-state index contributed by atoms with van der Waals surface area (Å²) in [6.07, 6.45) is 0.445. The molecular weight excluding hydrogens is 426 g/mol. The van der Waals surface area contributed by atoms with Crippen LogP contribution >= 0.6 is 0 Å².